The lowest BCUT2D eigenvalue weighted by molar-refractivity contribution is 0.0600. The first-order valence-corrected chi connectivity index (χ1v) is 11.3. The zero-order valence-corrected chi connectivity index (χ0v) is 18.2. The molecule has 5 nitrogen and oxygen atoms in total. The molecular weight excluding hydrogens is 410 g/mol. The van der Waals surface area contributed by atoms with Crippen LogP contribution in [0.3, 0.4) is 0 Å². The lowest BCUT2D eigenvalue weighted by Gasteiger charge is -2.34. The summed E-state index contributed by atoms with van der Waals surface area (Å²) in [6.45, 7) is 0. The number of benzene rings is 2. The Morgan fingerprint density at radius 1 is 1.19 bits per heavy atom. The van der Waals surface area contributed by atoms with E-state index >= 15 is 0 Å². The Bertz CT molecular complexity index is 1110. The fourth-order valence-electron chi connectivity index (χ4n) is 5.55. The van der Waals surface area contributed by atoms with Crippen LogP contribution in [0.1, 0.15) is 59.2 Å². The number of carbonyl (C=O) groups excluding carboxylic acids is 1. The Hall–Kier alpha value is -2.84. The standard InChI is InChI=1S/C25H24ClN3O2/c1-31-25(30)17-8-10-20-16(12-17)7-11-21-23(20)28-29(24(21)15-4-2-3-5-15)19-9-6-18(14-27)22(26)13-19/h6,8-10,12-13,15,21,24H,2-5,7,11H2,1H3/t21-,24?/m0/s1. The molecule has 2 atom stereocenters. The van der Waals surface area contributed by atoms with Crippen molar-refractivity contribution >= 4 is 29.0 Å². The van der Waals surface area contributed by atoms with E-state index in [0.29, 0.717) is 34.0 Å². The number of rotatable bonds is 3. The van der Waals surface area contributed by atoms with Gasteiger partial charge in [0, 0.05) is 11.5 Å². The molecule has 1 saturated carbocycles. The SMILES string of the molecule is COC(=O)c1ccc2c(c1)CC[C@H]1C2=NN(c2ccc(C#N)c(Cl)c2)C1C1CCCC1. The molecule has 0 spiro atoms. The van der Waals surface area contributed by atoms with Gasteiger partial charge >= 0.3 is 5.97 Å². The quantitative estimate of drug-likeness (QED) is 0.612. The van der Waals surface area contributed by atoms with Crippen LogP contribution in [0.15, 0.2) is 41.5 Å². The zero-order chi connectivity index (χ0) is 21.5. The number of hydrogen-bond acceptors (Lipinski definition) is 5. The maximum atomic E-state index is 12.0. The van der Waals surface area contributed by atoms with Gasteiger partial charge in [0.15, 0.2) is 0 Å². The van der Waals surface area contributed by atoms with Crippen molar-refractivity contribution < 1.29 is 9.53 Å². The van der Waals surface area contributed by atoms with Crippen LogP contribution in [-0.4, -0.2) is 24.8 Å². The summed E-state index contributed by atoms with van der Waals surface area (Å²) in [5, 5.41) is 17.0. The summed E-state index contributed by atoms with van der Waals surface area (Å²) in [5.41, 5.74) is 5.40. The van der Waals surface area contributed by atoms with Crippen molar-refractivity contribution in [3.05, 3.63) is 63.7 Å². The van der Waals surface area contributed by atoms with Gasteiger partial charge in [-0.05, 0) is 67.5 Å². The second-order valence-corrected chi connectivity index (χ2v) is 9.06. The van der Waals surface area contributed by atoms with E-state index in [2.05, 4.69) is 11.1 Å². The number of carbonyl (C=O) groups is 1. The second kappa shape index (κ2) is 8.01. The smallest absolute Gasteiger partial charge is 0.337 e. The number of nitrogens with zero attached hydrogens (tertiary/aromatic N) is 3. The molecule has 1 aliphatic heterocycles. The number of hydrazone groups is 1. The molecule has 1 unspecified atom stereocenters. The molecule has 1 heterocycles. The summed E-state index contributed by atoms with van der Waals surface area (Å²) in [5.74, 6) is 0.640. The highest BCUT2D eigenvalue weighted by atomic mass is 35.5. The molecule has 5 rings (SSSR count). The number of methoxy groups -OCH3 is 1. The van der Waals surface area contributed by atoms with Crippen LogP contribution in [0.4, 0.5) is 5.69 Å². The third-order valence-electron chi connectivity index (χ3n) is 7.01. The van der Waals surface area contributed by atoms with Gasteiger partial charge in [-0.3, -0.25) is 5.01 Å². The topological polar surface area (TPSA) is 65.7 Å². The molecule has 0 bridgehead atoms. The Kier molecular flexibility index (Phi) is 5.19. The molecule has 0 N–H and O–H groups in total. The van der Waals surface area contributed by atoms with E-state index in [9.17, 15) is 10.1 Å². The molecule has 2 aromatic carbocycles. The highest BCUT2D eigenvalue weighted by Crippen LogP contribution is 2.45. The zero-order valence-electron chi connectivity index (χ0n) is 17.5. The van der Waals surface area contributed by atoms with Crippen LogP contribution in [0.5, 0.6) is 0 Å². The lowest BCUT2D eigenvalue weighted by Crippen LogP contribution is -2.40. The largest absolute Gasteiger partial charge is 0.465 e. The maximum Gasteiger partial charge on any atom is 0.337 e. The van der Waals surface area contributed by atoms with Gasteiger partial charge < -0.3 is 4.74 Å². The van der Waals surface area contributed by atoms with E-state index in [1.54, 1.807) is 6.07 Å². The summed E-state index contributed by atoms with van der Waals surface area (Å²) in [6.07, 6.45) is 6.92. The fraction of sp³-hybridized carbons (Fsp3) is 0.400. The Morgan fingerprint density at radius 3 is 2.71 bits per heavy atom. The minimum atomic E-state index is -0.309. The van der Waals surface area contributed by atoms with Crippen LogP contribution in [0.2, 0.25) is 5.02 Å². The predicted octanol–water partition coefficient (Wildman–Crippen LogP) is 5.34. The monoisotopic (exact) mass is 433 g/mol. The third kappa shape index (κ3) is 3.40. The van der Waals surface area contributed by atoms with Crippen LogP contribution < -0.4 is 5.01 Å². The van der Waals surface area contributed by atoms with Crippen molar-refractivity contribution in [1.82, 2.24) is 0 Å². The molecule has 0 amide bonds. The van der Waals surface area contributed by atoms with Crippen molar-refractivity contribution in [2.45, 2.75) is 44.6 Å². The van der Waals surface area contributed by atoms with E-state index in [1.165, 1.54) is 32.8 Å². The molecule has 2 aliphatic carbocycles. The molecule has 31 heavy (non-hydrogen) atoms. The van der Waals surface area contributed by atoms with Crippen LogP contribution >= 0.6 is 11.6 Å². The van der Waals surface area contributed by atoms with Crippen molar-refractivity contribution in [3.63, 3.8) is 0 Å². The van der Waals surface area contributed by atoms with E-state index in [0.717, 1.165) is 35.4 Å². The first-order valence-electron chi connectivity index (χ1n) is 10.9. The summed E-state index contributed by atoms with van der Waals surface area (Å²) >= 11 is 6.37. The Labute approximate surface area is 187 Å². The normalized spacial score (nSPS) is 22.5. The molecule has 1 fully saturated rings. The second-order valence-electron chi connectivity index (χ2n) is 8.65. The molecule has 0 saturated heterocycles. The highest BCUT2D eigenvalue weighted by molar-refractivity contribution is 6.32. The number of fused-ring (bicyclic) bond motifs is 3. The number of aryl methyl sites for hydroxylation is 1. The first-order chi connectivity index (χ1) is 15.1. The van der Waals surface area contributed by atoms with E-state index in [-0.39, 0.29) is 5.97 Å². The molecule has 158 valence electrons. The molecule has 0 radical (unpaired) electrons. The van der Waals surface area contributed by atoms with E-state index in [4.69, 9.17) is 21.4 Å². The van der Waals surface area contributed by atoms with Crippen LogP contribution in [0, 0.1) is 23.2 Å². The Balaban J connectivity index is 1.57. The van der Waals surface area contributed by atoms with Gasteiger partial charge in [-0.25, -0.2) is 4.79 Å². The van der Waals surface area contributed by atoms with Crippen molar-refractivity contribution in [2.75, 3.05) is 12.1 Å². The molecule has 6 heteroatoms. The minimum Gasteiger partial charge on any atom is -0.465 e. The molecule has 3 aliphatic rings. The number of ether oxygens (including phenoxy) is 1. The summed E-state index contributed by atoms with van der Waals surface area (Å²) in [7, 11) is 1.41. The third-order valence-corrected chi connectivity index (χ3v) is 7.32. The van der Waals surface area contributed by atoms with E-state index in [1.807, 2.05) is 30.3 Å². The molecular formula is C25H24ClN3O2. The van der Waals surface area contributed by atoms with Crippen molar-refractivity contribution in [3.8, 4) is 6.07 Å². The number of anilines is 1. The van der Waals surface area contributed by atoms with Gasteiger partial charge in [0.05, 0.1) is 40.7 Å². The van der Waals surface area contributed by atoms with Crippen LogP contribution in [0.25, 0.3) is 0 Å². The fourth-order valence-corrected chi connectivity index (χ4v) is 5.77. The highest BCUT2D eigenvalue weighted by Gasteiger charge is 2.45. The predicted molar refractivity (Wildman–Crippen MR) is 121 cm³/mol. The molecule has 2 aromatic rings. The Morgan fingerprint density at radius 2 is 2.00 bits per heavy atom. The first kappa shape index (κ1) is 20.1. The van der Waals surface area contributed by atoms with Gasteiger partial charge in [0.25, 0.3) is 0 Å². The van der Waals surface area contributed by atoms with Gasteiger partial charge in [-0.1, -0.05) is 30.5 Å². The van der Waals surface area contributed by atoms with Gasteiger partial charge in [-0.2, -0.15) is 10.4 Å². The minimum absolute atomic E-state index is 0.301. The van der Waals surface area contributed by atoms with Gasteiger partial charge in [0.2, 0.25) is 0 Å². The maximum absolute atomic E-state index is 12.0. The number of esters is 1. The van der Waals surface area contributed by atoms with Crippen molar-refractivity contribution in [1.29, 1.82) is 5.26 Å². The number of hydrogen-bond donors (Lipinski definition) is 0. The summed E-state index contributed by atoms with van der Waals surface area (Å²) < 4.78 is 4.89. The van der Waals surface area contributed by atoms with Crippen LogP contribution in [-0.2, 0) is 11.2 Å². The molecule has 0 aromatic heterocycles. The van der Waals surface area contributed by atoms with E-state index < -0.39 is 0 Å². The summed E-state index contributed by atoms with van der Waals surface area (Å²) in [4.78, 5) is 12.0. The summed E-state index contributed by atoms with van der Waals surface area (Å²) in [6, 6.07) is 13.8. The van der Waals surface area contributed by atoms with Crippen molar-refractivity contribution in [2.24, 2.45) is 16.9 Å². The number of halogens is 1. The lowest BCUT2D eigenvalue weighted by atomic mass is 9.75. The average Bonchev–Trinajstić information content (AvgIpc) is 3.45. The van der Waals surface area contributed by atoms with Gasteiger partial charge in [-0.15, -0.1) is 0 Å². The average molecular weight is 434 g/mol. The van der Waals surface area contributed by atoms with Gasteiger partial charge in [0.1, 0.15) is 6.07 Å². The number of nitriles is 1.